The molecule has 2 aromatic carbocycles. The van der Waals surface area contributed by atoms with Gasteiger partial charge in [-0.2, -0.15) is 17.5 Å². The van der Waals surface area contributed by atoms with Crippen molar-refractivity contribution in [3.63, 3.8) is 0 Å². The summed E-state index contributed by atoms with van der Waals surface area (Å²) in [4.78, 5) is 12.6. The maximum absolute atomic E-state index is 13.0. The number of nitrogens with one attached hydrogen (secondary N) is 2. The number of benzene rings is 2. The summed E-state index contributed by atoms with van der Waals surface area (Å²) in [5.41, 5.74) is -4.33. The van der Waals surface area contributed by atoms with E-state index in [2.05, 4.69) is 10.6 Å². The molecule has 13 heteroatoms. The third kappa shape index (κ3) is 6.96. The van der Waals surface area contributed by atoms with E-state index in [4.69, 9.17) is 27.9 Å². The second kappa shape index (κ2) is 12.3. The molecule has 224 valence electrons. The number of ether oxygens (including phenoxy) is 1. The molecular weight excluding hydrogens is 602 g/mol. The summed E-state index contributed by atoms with van der Waals surface area (Å²) in [6.07, 6.45) is 2.79. The molecule has 2 N–H and O–H groups in total. The third-order valence-electron chi connectivity index (χ3n) is 8.45. The van der Waals surface area contributed by atoms with Gasteiger partial charge in [0.05, 0.1) is 0 Å². The van der Waals surface area contributed by atoms with Crippen molar-refractivity contribution in [1.29, 1.82) is 0 Å². The summed E-state index contributed by atoms with van der Waals surface area (Å²) in [6.45, 7) is -0.439. The zero-order valence-corrected chi connectivity index (χ0v) is 24.4. The molecule has 3 fully saturated rings. The molecule has 0 spiro atoms. The average Bonchev–Trinajstić information content (AvgIpc) is 2.93. The Balaban J connectivity index is 1.30. The van der Waals surface area contributed by atoms with E-state index in [1.54, 1.807) is 12.1 Å². The minimum Gasteiger partial charge on any atom is -0.485 e. The standard InChI is InChI=1S/C28H32Cl2F3N3O4S/c29-19-4-1-17(2-5-19)27(40-22-8-6-20(30)7-9-22)18-3-10-24-23(15-18)25(16-26(37)35-24)34-21-11-13-36(14-12-21)41(38,39)28(31,32)33/h1-2,4-9,18,21,23-25,27,34H,3,10-16H2,(H,35,37). The van der Waals surface area contributed by atoms with Crippen LogP contribution in [0.3, 0.4) is 0 Å². The molecule has 2 heterocycles. The van der Waals surface area contributed by atoms with E-state index in [1.165, 1.54) is 0 Å². The van der Waals surface area contributed by atoms with Crippen molar-refractivity contribution in [2.75, 3.05) is 13.1 Å². The Hall–Kier alpha value is -2.05. The number of carbonyl (C=O) groups is 1. The fraction of sp³-hybridized carbons (Fsp3) is 0.536. The van der Waals surface area contributed by atoms with Crippen molar-refractivity contribution in [3.8, 4) is 5.75 Å². The smallest absolute Gasteiger partial charge is 0.485 e. The van der Waals surface area contributed by atoms with Crippen LogP contribution in [0.25, 0.3) is 0 Å². The number of nitrogens with zero attached hydrogens (tertiary/aromatic N) is 1. The Morgan fingerprint density at radius 1 is 0.951 bits per heavy atom. The molecule has 1 amide bonds. The van der Waals surface area contributed by atoms with Gasteiger partial charge < -0.3 is 15.4 Å². The second-order valence-corrected chi connectivity index (χ2v) is 13.9. The van der Waals surface area contributed by atoms with Crippen molar-refractivity contribution in [2.45, 2.75) is 68.3 Å². The maximum Gasteiger partial charge on any atom is 0.511 e. The average molecular weight is 635 g/mol. The molecule has 5 atom stereocenters. The lowest BCUT2D eigenvalue weighted by molar-refractivity contribution is -0.126. The monoisotopic (exact) mass is 633 g/mol. The van der Waals surface area contributed by atoms with Gasteiger partial charge in [-0.3, -0.25) is 4.79 Å². The lowest BCUT2D eigenvalue weighted by Gasteiger charge is -2.47. The van der Waals surface area contributed by atoms with Crippen LogP contribution in [-0.2, 0) is 14.8 Å². The van der Waals surface area contributed by atoms with Crippen LogP contribution in [0.1, 0.15) is 50.2 Å². The number of alkyl halides is 3. The summed E-state index contributed by atoms with van der Waals surface area (Å²) in [7, 11) is -5.35. The lowest BCUT2D eigenvalue weighted by Crippen LogP contribution is -2.60. The molecule has 0 radical (unpaired) electrons. The van der Waals surface area contributed by atoms with Crippen molar-refractivity contribution in [3.05, 3.63) is 64.1 Å². The molecule has 5 unspecified atom stereocenters. The van der Waals surface area contributed by atoms with Crippen molar-refractivity contribution in [1.82, 2.24) is 14.9 Å². The van der Waals surface area contributed by atoms with Crippen LogP contribution in [0.2, 0.25) is 10.0 Å². The molecule has 2 saturated heterocycles. The summed E-state index contributed by atoms with van der Waals surface area (Å²) in [5, 5.41) is 7.88. The van der Waals surface area contributed by atoms with Crippen LogP contribution >= 0.6 is 23.2 Å². The van der Waals surface area contributed by atoms with Crippen molar-refractivity contribution >= 4 is 39.1 Å². The third-order valence-corrected chi connectivity index (χ3v) is 10.6. The summed E-state index contributed by atoms with van der Waals surface area (Å²) < 4.78 is 69.7. The van der Waals surface area contributed by atoms with Gasteiger partial charge in [-0.05, 0) is 80.0 Å². The number of halogens is 5. The molecule has 5 rings (SSSR count). The van der Waals surface area contributed by atoms with E-state index in [-0.39, 0.29) is 74.3 Å². The number of hydrogen-bond acceptors (Lipinski definition) is 5. The van der Waals surface area contributed by atoms with Crippen LogP contribution in [0.15, 0.2) is 48.5 Å². The lowest BCUT2D eigenvalue weighted by atomic mass is 9.69. The van der Waals surface area contributed by atoms with Crippen molar-refractivity contribution < 1.29 is 31.1 Å². The number of piperidine rings is 2. The van der Waals surface area contributed by atoms with Gasteiger partial charge in [0.15, 0.2) is 0 Å². The molecular formula is C28H32Cl2F3N3O4S. The van der Waals surface area contributed by atoms with Crippen molar-refractivity contribution in [2.24, 2.45) is 11.8 Å². The predicted octanol–water partition coefficient (Wildman–Crippen LogP) is 5.69. The molecule has 0 bridgehead atoms. The zero-order chi connectivity index (χ0) is 29.4. The van der Waals surface area contributed by atoms with E-state index < -0.39 is 15.5 Å². The second-order valence-electron chi connectivity index (χ2n) is 11.1. The highest BCUT2D eigenvalue weighted by atomic mass is 35.5. The molecule has 41 heavy (non-hydrogen) atoms. The number of hydrogen-bond donors (Lipinski definition) is 2. The molecule has 7 nitrogen and oxygen atoms in total. The summed E-state index contributed by atoms with van der Waals surface area (Å²) in [5.74, 6) is 0.813. The number of carbonyl (C=O) groups excluding carboxylic acids is 1. The number of rotatable bonds is 7. The minimum atomic E-state index is -5.35. The fourth-order valence-corrected chi connectivity index (χ4v) is 7.63. The SMILES string of the molecule is O=C1CC(NC2CCN(S(=O)(=O)C(F)(F)F)CC2)C2CC(C(Oc3ccc(Cl)cc3)c3ccc(Cl)cc3)CCC2N1. The topological polar surface area (TPSA) is 87.7 Å². The highest BCUT2D eigenvalue weighted by molar-refractivity contribution is 7.90. The highest BCUT2D eigenvalue weighted by Crippen LogP contribution is 2.43. The van der Waals surface area contributed by atoms with Gasteiger partial charge in [-0.15, -0.1) is 0 Å². The van der Waals surface area contributed by atoms with Crippen LogP contribution in [-0.4, -0.2) is 55.4 Å². The fourth-order valence-electron chi connectivity index (χ4n) is 6.40. The molecule has 1 saturated carbocycles. The quantitative estimate of drug-likeness (QED) is 0.409. The largest absolute Gasteiger partial charge is 0.511 e. The summed E-state index contributed by atoms with van der Waals surface area (Å²) in [6, 6.07) is 14.4. The molecule has 2 aromatic rings. The van der Waals surface area contributed by atoms with E-state index in [1.807, 2.05) is 36.4 Å². The first-order valence-electron chi connectivity index (χ1n) is 13.7. The molecule has 1 aliphatic carbocycles. The Labute approximate surface area is 247 Å². The Bertz CT molecular complexity index is 1320. The van der Waals surface area contributed by atoms with Gasteiger partial charge in [-0.1, -0.05) is 35.3 Å². The molecule has 0 aromatic heterocycles. The van der Waals surface area contributed by atoms with Gasteiger partial charge in [-0.25, -0.2) is 8.42 Å². The number of fused-ring (bicyclic) bond motifs is 1. The van der Waals surface area contributed by atoms with E-state index >= 15 is 0 Å². The first kappa shape index (κ1) is 30.4. The van der Waals surface area contributed by atoms with Gasteiger partial charge in [0, 0.05) is 53.6 Å². The predicted molar refractivity (Wildman–Crippen MR) is 150 cm³/mol. The van der Waals surface area contributed by atoms with Crippen LogP contribution in [0.4, 0.5) is 13.2 Å². The first-order chi connectivity index (χ1) is 19.4. The van der Waals surface area contributed by atoms with Gasteiger partial charge >= 0.3 is 15.5 Å². The van der Waals surface area contributed by atoms with E-state index in [9.17, 15) is 26.4 Å². The van der Waals surface area contributed by atoms with E-state index in [0.717, 1.165) is 24.8 Å². The normalized spacial score (nSPS) is 27.1. The molecule has 2 aliphatic heterocycles. The zero-order valence-electron chi connectivity index (χ0n) is 22.1. The summed E-state index contributed by atoms with van der Waals surface area (Å²) >= 11 is 12.2. The van der Waals surface area contributed by atoms with Crippen LogP contribution in [0.5, 0.6) is 5.75 Å². The van der Waals surface area contributed by atoms with Crippen LogP contribution < -0.4 is 15.4 Å². The minimum absolute atomic E-state index is 0.0305. The Kier molecular flexibility index (Phi) is 9.11. The highest BCUT2D eigenvalue weighted by Gasteiger charge is 2.51. The molecule has 3 aliphatic rings. The first-order valence-corrected chi connectivity index (χ1v) is 15.9. The maximum atomic E-state index is 13.0. The Morgan fingerprint density at radius 3 is 2.17 bits per heavy atom. The van der Waals surface area contributed by atoms with Gasteiger partial charge in [0.1, 0.15) is 11.9 Å². The van der Waals surface area contributed by atoms with Crippen LogP contribution in [0, 0.1) is 11.8 Å². The van der Waals surface area contributed by atoms with Gasteiger partial charge in [0.25, 0.3) is 0 Å². The number of amides is 1. The van der Waals surface area contributed by atoms with E-state index in [0.29, 0.717) is 20.1 Å². The Morgan fingerprint density at radius 2 is 1.56 bits per heavy atom. The number of sulfonamides is 1. The van der Waals surface area contributed by atoms with Gasteiger partial charge in [0.2, 0.25) is 5.91 Å².